The van der Waals surface area contributed by atoms with Crippen LogP contribution in [0.2, 0.25) is 0 Å². The van der Waals surface area contributed by atoms with E-state index in [9.17, 15) is 0 Å². The minimum absolute atomic E-state index is 0. The molecule has 2 nitrogen and oxygen atoms in total. The Kier molecular flexibility index (Phi) is 5.82. The van der Waals surface area contributed by atoms with Gasteiger partial charge in [0.15, 0.2) is 0 Å². The molecule has 0 spiro atoms. The summed E-state index contributed by atoms with van der Waals surface area (Å²) in [6.07, 6.45) is 5.36. The molecule has 0 aromatic carbocycles. The number of aliphatic imine (C=N–C) groups is 1. The molecule has 1 aromatic rings. The molecule has 0 fully saturated rings. The molecule has 0 atom stereocenters. The molecule has 0 N–H and O–H groups in total. The largest absolute Gasteiger partial charge is 2.00 e. The SMILES string of the molecule is CC[C-]=Nc1[c-]c(C)ccn1.[W+2]. The van der Waals surface area contributed by atoms with Crippen LogP contribution in [0, 0.1) is 13.0 Å². The number of aromatic nitrogens is 1. The van der Waals surface area contributed by atoms with Gasteiger partial charge in [0.2, 0.25) is 0 Å². The minimum atomic E-state index is 0. The van der Waals surface area contributed by atoms with Crippen LogP contribution in [0.4, 0.5) is 5.82 Å². The summed E-state index contributed by atoms with van der Waals surface area (Å²) in [5, 5.41) is 0. The van der Waals surface area contributed by atoms with Crippen LogP contribution in [0.15, 0.2) is 17.3 Å². The van der Waals surface area contributed by atoms with Crippen LogP contribution < -0.4 is 0 Å². The third kappa shape index (κ3) is 3.77. The molecule has 0 aliphatic heterocycles. The maximum absolute atomic E-state index is 3.99. The van der Waals surface area contributed by atoms with Gasteiger partial charge in [0.05, 0.1) is 0 Å². The van der Waals surface area contributed by atoms with Gasteiger partial charge in [0, 0.05) is 0 Å². The molecule has 62 valence electrons. The second-order valence-corrected chi connectivity index (χ2v) is 2.20. The van der Waals surface area contributed by atoms with Crippen molar-refractivity contribution in [2.45, 2.75) is 20.3 Å². The maximum atomic E-state index is 3.99. The van der Waals surface area contributed by atoms with Crippen molar-refractivity contribution in [3.05, 3.63) is 23.9 Å². The van der Waals surface area contributed by atoms with E-state index < -0.39 is 0 Å². The number of hydrogen-bond donors (Lipinski definition) is 0. The summed E-state index contributed by atoms with van der Waals surface area (Å²) < 4.78 is 0. The fourth-order valence-corrected chi connectivity index (χ4v) is 0.681. The Bertz CT molecular complexity index is 258. The molecule has 0 saturated heterocycles. The second kappa shape index (κ2) is 6.07. The first kappa shape index (κ1) is 11.5. The quantitative estimate of drug-likeness (QED) is 0.603. The predicted molar refractivity (Wildman–Crippen MR) is 45.2 cm³/mol. The smallest absolute Gasteiger partial charge is 0.457 e. The van der Waals surface area contributed by atoms with Crippen LogP contribution in [0.5, 0.6) is 0 Å². The van der Waals surface area contributed by atoms with Gasteiger partial charge < -0.3 is 16.0 Å². The van der Waals surface area contributed by atoms with Crippen LogP contribution in [0.1, 0.15) is 18.9 Å². The first-order valence-electron chi connectivity index (χ1n) is 3.61. The number of hydrogen-bond acceptors (Lipinski definition) is 2. The van der Waals surface area contributed by atoms with Crippen LogP contribution in [-0.2, 0) is 21.1 Å². The molecule has 12 heavy (non-hydrogen) atoms. The van der Waals surface area contributed by atoms with E-state index in [-0.39, 0.29) is 21.1 Å². The summed E-state index contributed by atoms with van der Waals surface area (Å²) in [6, 6.07) is 4.90. The van der Waals surface area contributed by atoms with Gasteiger partial charge >= 0.3 is 21.1 Å². The first-order valence-corrected chi connectivity index (χ1v) is 3.61. The minimum Gasteiger partial charge on any atom is -0.457 e. The van der Waals surface area contributed by atoms with Crippen molar-refractivity contribution in [3.63, 3.8) is 0 Å². The van der Waals surface area contributed by atoms with Crippen molar-refractivity contribution < 1.29 is 21.1 Å². The summed E-state index contributed by atoms with van der Waals surface area (Å²) >= 11 is 0. The fourth-order valence-electron chi connectivity index (χ4n) is 0.681. The van der Waals surface area contributed by atoms with Crippen molar-refractivity contribution in [1.29, 1.82) is 0 Å². The van der Waals surface area contributed by atoms with E-state index in [0.717, 1.165) is 12.0 Å². The van der Waals surface area contributed by atoms with Gasteiger partial charge in [0.25, 0.3) is 0 Å². The van der Waals surface area contributed by atoms with Crippen molar-refractivity contribution in [2.24, 2.45) is 4.99 Å². The summed E-state index contributed by atoms with van der Waals surface area (Å²) in [5.74, 6) is 0.617. The molecule has 0 saturated carbocycles. The molecule has 0 bridgehead atoms. The maximum Gasteiger partial charge on any atom is 2.00 e. The van der Waals surface area contributed by atoms with Crippen LogP contribution in [-0.4, -0.2) is 11.2 Å². The van der Waals surface area contributed by atoms with Crippen LogP contribution in [0.3, 0.4) is 0 Å². The standard InChI is InChI=1S/C9H10N2.W/c1-3-5-10-9-7-8(2)4-6-11-9;/h4,6H,3H2,1-2H3;/q-2;+2. The average Bonchev–Trinajstić information content (AvgIpc) is 2.01. The average molecular weight is 330 g/mol. The Morgan fingerprint density at radius 3 is 3.00 bits per heavy atom. The van der Waals surface area contributed by atoms with Crippen molar-refractivity contribution >= 4 is 12.0 Å². The number of rotatable bonds is 2. The Balaban J connectivity index is 0.00000121. The molecule has 3 heteroatoms. The third-order valence-electron chi connectivity index (χ3n) is 1.17. The summed E-state index contributed by atoms with van der Waals surface area (Å²) in [4.78, 5) is 7.96. The molecule has 0 amide bonds. The fraction of sp³-hybridized carbons (Fsp3) is 0.333. The molecule has 0 aliphatic rings. The summed E-state index contributed by atoms with van der Waals surface area (Å²) in [6.45, 7) is 3.95. The first-order chi connectivity index (χ1) is 5.33. The van der Waals surface area contributed by atoms with Gasteiger partial charge in [-0.25, -0.2) is 5.56 Å². The Labute approximate surface area is 87.4 Å². The molecule has 1 heterocycles. The Hall–Kier alpha value is -0.492. The third-order valence-corrected chi connectivity index (χ3v) is 1.17. The van der Waals surface area contributed by atoms with E-state index in [1.165, 1.54) is 0 Å². The molecule has 1 aromatic heterocycles. The van der Waals surface area contributed by atoms with Crippen molar-refractivity contribution in [2.75, 3.05) is 0 Å². The second-order valence-electron chi connectivity index (χ2n) is 2.20. The molecular weight excluding hydrogens is 320 g/mol. The Morgan fingerprint density at radius 2 is 2.42 bits per heavy atom. The van der Waals surface area contributed by atoms with Crippen molar-refractivity contribution in [1.82, 2.24) is 4.98 Å². The van der Waals surface area contributed by atoms with E-state index >= 15 is 0 Å². The van der Waals surface area contributed by atoms with E-state index in [1.807, 2.05) is 19.9 Å². The zero-order valence-corrected chi connectivity index (χ0v) is 10.1. The number of aryl methyl sites for hydroxylation is 1. The van der Waals surface area contributed by atoms with Crippen LogP contribution in [0.25, 0.3) is 0 Å². The topological polar surface area (TPSA) is 25.2 Å². The molecule has 0 unspecified atom stereocenters. The predicted octanol–water partition coefficient (Wildman–Crippen LogP) is 2.18. The zero-order chi connectivity index (χ0) is 8.10. The van der Waals surface area contributed by atoms with E-state index in [1.54, 1.807) is 6.20 Å². The van der Waals surface area contributed by atoms with Gasteiger partial charge in [-0.15, -0.1) is 5.82 Å². The normalized spacial score (nSPS) is 9.83. The molecule has 1 rings (SSSR count). The van der Waals surface area contributed by atoms with Gasteiger partial charge in [-0.1, -0.05) is 26.5 Å². The number of nitrogens with zero attached hydrogens (tertiary/aromatic N) is 2. The summed E-state index contributed by atoms with van der Waals surface area (Å²) in [7, 11) is 0. The van der Waals surface area contributed by atoms with E-state index in [0.29, 0.717) is 5.82 Å². The number of pyridine rings is 1. The van der Waals surface area contributed by atoms with Gasteiger partial charge in [-0.2, -0.15) is 12.3 Å². The monoisotopic (exact) mass is 330 g/mol. The molecule has 0 aliphatic carbocycles. The molecular formula is C9H10N2W. The van der Waals surface area contributed by atoms with E-state index in [2.05, 4.69) is 22.3 Å². The van der Waals surface area contributed by atoms with E-state index in [4.69, 9.17) is 0 Å². The van der Waals surface area contributed by atoms with Crippen LogP contribution >= 0.6 is 0 Å². The van der Waals surface area contributed by atoms with Gasteiger partial charge in [-0.05, 0) is 0 Å². The molecule has 0 radical (unpaired) electrons. The van der Waals surface area contributed by atoms with Crippen molar-refractivity contribution in [3.8, 4) is 0 Å². The van der Waals surface area contributed by atoms with Gasteiger partial charge in [0.1, 0.15) is 0 Å². The summed E-state index contributed by atoms with van der Waals surface area (Å²) in [5.41, 5.74) is 1.05. The van der Waals surface area contributed by atoms with Gasteiger partial charge in [-0.3, -0.25) is 0 Å². The Morgan fingerprint density at radius 1 is 1.67 bits per heavy atom. The zero-order valence-electron chi connectivity index (χ0n) is 7.16.